The minimum Gasteiger partial charge on any atom is -0.488 e. The van der Waals surface area contributed by atoms with Crippen LogP contribution < -0.4 is 10.2 Å². The summed E-state index contributed by atoms with van der Waals surface area (Å²) in [5, 5.41) is 25.9. The quantitative estimate of drug-likeness (QED) is 0.252. The van der Waals surface area contributed by atoms with Gasteiger partial charge in [-0.1, -0.05) is 48.5 Å². The molecular weight excluding hydrogens is 434 g/mol. The second-order valence-corrected chi connectivity index (χ2v) is 7.11. The summed E-state index contributed by atoms with van der Waals surface area (Å²) in [4.78, 5) is 26.3. The van der Waals surface area contributed by atoms with E-state index in [4.69, 9.17) is 4.74 Å². The van der Waals surface area contributed by atoms with Crippen molar-refractivity contribution in [2.45, 2.75) is 6.61 Å². The van der Waals surface area contributed by atoms with Crippen molar-refractivity contribution in [3.63, 3.8) is 0 Å². The van der Waals surface area contributed by atoms with Gasteiger partial charge >= 0.3 is 0 Å². The van der Waals surface area contributed by atoms with E-state index in [0.717, 1.165) is 22.5 Å². The van der Waals surface area contributed by atoms with Crippen LogP contribution in [-0.2, 0) is 6.61 Å². The van der Waals surface area contributed by atoms with E-state index >= 15 is 0 Å². The number of carbonyl (C=O) groups is 1. The van der Waals surface area contributed by atoms with Crippen molar-refractivity contribution in [2.24, 2.45) is 5.10 Å². The lowest BCUT2D eigenvalue weighted by molar-refractivity contribution is -0.385. The lowest BCUT2D eigenvalue weighted by atomic mass is 10.0. The third kappa shape index (κ3) is 4.87. The molecule has 0 radical (unpaired) electrons. The summed E-state index contributed by atoms with van der Waals surface area (Å²) in [5.41, 5.74) is 4.08. The van der Waals surface area contributed by atoms with Crippen molar-refractivity contribution in [3.05, 3.63) is 111 Å². The fraction of sp³-hybridized carbons (Fsp3) is 0.0400. The average molecular weight is 451 g/mol. The molecule has 3 aromatic carbocycles. The van der Waals surface area contributed by atoms with Gasteiger partial charge in [-0.2, -0.15) is 10.4 Å². The van der Waals surface area contributed by atoms with E-state index in [1.54, 1.807) is 18.2 Å². The first-order chi connectivity index (χ1) is 16.6. The zero-order chi connectivity index (χ0) is 23.9. The average Bonchev–Trinajstić information content (AvgIpc) is 2.88. The standard InChI is InChI=1S/C25H17N5O4/c26-13-18-6-1-2-7-19(18)16-34-24-12-9-17-5-3-4-8-21(17)22(24)15-28-29-25(31)23-11-10-20(14-27-23)30(32)33/h1-12,14-15H,16H2,(H,29,31). The molecule has 1 heterocycles. The van der Waals surface area contributed by atoms with E-state index in [-0.39, 0.29) is 18.0 Å². The van der Waals surface area contributed by atoms with Crippen molar-refractivity contribution in [2.75, 3.05) is 0 Å². The number of carbonyl (C=O) groups excluding carboxylic acids is 1. The van der Waals surface area contributed by atoms with Crippen LogP contribution in [0.2, 0.25) is 0 Å². The summed E-state index contributed by atoms with van der Waals surface area (Å²) in [6.45, 7) is 0.183. The van der Waals surface area contributed by atoms with Crippen molar-refractivity contribution in [1.29, 1.82) is 5.26 Å². The van der Waals surface area contributed by atoms with Gasteiger partial charge in [-0.25, -0.2) is 10.4 Å². The number of amides is 1. The first-order valence-electron chi connectivity index (χ1n) is 10.1. The van der Waals surface area contributed by atoms with Crippen LogP contribution in [0.1, 0.15) is 27.2 Å². The molecule has 0 saturated heterocycles. The topological polar surface area (TPSA) is 131 Å². The van der Waals surface area contributed by atoms with E-state index in [2.05, 4.69) is 21.6 Å². The monoisotopic (exact) mass is 451 g/mol. The number of hydrazone groups is 1. The number of nitrogens with zero attached hydrogens (tertiary/aromatic N) is 4. The van der Waals surface area contributed by atoms with Gasteiger partial charge in [0.1, 0.15) is 24.2 Å². The number of benzene rings is 3. The minimum atomic E-state index is -0.614. The van der Waals surface area contributed by atoms with Crippen molar-refractivity contribution < 1.29 is 14.5 Å². The fourth-order valence-corrected chi connectivity index (χ4v) is 3.29. The molecule has 9 heteroatoms. The highest BCUT2D eigenvalue weighted by atomic mass is 16.6. The van der Waals surface area contributed by atoms with E-state index in [9.17, 15) is 20.2 Å². The molecule has 0 aliphatic heterocycles. The first-order valence-corrected chi connectivity index (χ1v) is 10.1. The summed E-state index contributed by atoms with van der Waals surface area (Å²) in [6, 6.07) is 23.1. The number of hydrogen-bond acceptors (Lipinski definition) is 7. The summed E-state index contributed by atoms with van der Waals surface area (Å²) < 4.78 is 6.02. The zero-order valence-electron chi connectivity index (χ0n) is 17.7. The van der Waals surface area contributed by atoms with Crippen molar-refractivity contribution in [1.82, 2.24) is 10.4 Å². The molecule has 0 aliphatic rings. The van der Waals surface area contributed by atoms with Gasteiger partial charge in [0, 0.05) is 17.2 Å². The number of aromatic nitrogens is 1. The highest BCUT2D eigenvalue weighted by Crippen LogP contribution is 2.27. The Balaban J connectivity index is 1.57. The molecule has 4 aromatic rings. The molecule has 1 aromatic heterocycles. The second-order valence-electron chi connectivity index (χ2n) is 7.11. The van der Waals surface area contributed by atoms with Gasteiger partial charge in [-0.05, 0) is 29.0 Å². The molecule has 34 heavy (non-hydrogen) atoms. The normalized spacial score (nSPS) is 10.7. The van der Waals surface area contributed by atoms with Crippen LogP contribution in [0.4, 0.5) is 5.69 Å². The molecule has 4 rings (SSSR count). The molecule has 1 amide bonds. The first kappa shape index (κ1) is 22.1. The number of rotatable bonds is 7. The second kappa shape index (κ2) is 10.0. The van der Waals surface area contributed by atoms with E-state index in [1.807, 2.05) is 42.5 Å². The summed E-state index contributed by atoms with van der Waals surface area (Å²) in [6.07, 6.45) is 2.48. The van der Waals surface area contributed by atoms with Crippen LogP contribution in [0.15, 0.2) is 84.1 Å². The maximum absolute atomic E-state index is 12.3. The van der Waals surface area contributed by atoms with Crippen LogP contribution in [-0.4, -0.2) is 22.0 Å². The van der Waals surface area contributed by atoms with Crippen LogP contribution in [0.3, 0.4) is 0 Å². The summed E-state index contributed by atoms with van der Waals surface area (Å²) >= 11 is 0. The Morgan fingerprint density at radius 2 is 1.91 bits per heavy atom. The minimum absolute atomic E-state index is 0.00902. The Hall–Kier alpha value is -5.10. The highest BCUT2D eigenvalue weighted by molar-refractivity contribution is 6.03. The third-order valence-corrected chi connectivity index (χ3v) is 5.00. The Labute approximate surface area is 194 Å². The van der Waals surface area contributed by atoms with Crippen molar-refractivity contribution in [3.8, 4) is 11.8 Å². The summed E-state index contributed by atoms with van der Waals surface area (Å²) in [7, 11) is 0. The molecule has 0 bridgehead atoms. The molecule has 0 aliphatic carbocycles. The number of nitriles is 1. The smallest absolute Gasteiger partial charge is 0.289 e. The lowest BCUT2D eigenvalue weighted by Gasteiger charge is -2.12. The van der Waals surface area contributed by atoms with Crippen LogP contribution >= 0.6 is 0 Å². The lowest BCUT2D eigenvalue weighted by Crippen LogP contribution is -2.19. The predicted octanol–water partition coefficient (Wildman–Crippen LogP) is 4.36. The Morgan fingerprint density at radius 1 is 1.12 bits per heavy atom. The molecule has 0 saturated carbocycles. The Kier molecular flexibility index (Phi) is 6.51. The molecule has 9 nitrogen and oxygen atoms in total. The van der Waals surface area contributed by atoms with Gasteiger partial charge < -0.3 is 4.74 Å². The highest BCUT2D eigenvalue weighted by Gasteiger charge is 2.12. The predicted molar refractivity (Wildman–Crippen MR) is 125 cm³/mol. The van der Waals surface area contributed by atoms with Gasteiger partial charge in [0.05, 0.1) is 22.8 Å². The number of pyridine rings is 1. The Bertz CT molecular complexity index is 1440. The molecular formula is C25H17N5O4. The van der Waals surface area contributed by atoms with Crippen LogP contribution in [0, 0.1) is 21.4 Å². The van der Waals surface area contributed by atoms with Crippen LogP contribution in [0.25, 0.3) is 10.8 Å². The molecule has 1 N–H and O–H groups in total. The van der Waals surface area contributed by atoms with Gasteiger partial charge in [0.25, 0.3) is 11.6 Å². The maximum Gasteiger partial charge on any atom is 0.289 e. The van der Waals surface area contributed by atoms with E-state index in [0.29, 0.717) is 16.9 Å². The molecule has 0 spiro atoms. The van der Waals surface area contributed by atoms with E-state index < -0.39 is 10.8 Å². The maximum atomic E-state index is 12.3. The summed E-state index contributed by atoms with van der Waals surface area (Å²) in [5.74, 6) is -0.0882. The van der Waals surface area contributed by atoms with Crippen molar-refractivity contribution >= 4 is 28.6 Å². The third-order valence-electron chi connectivity index (χ3n) is 5.00. The molecule has 166 valence electrons. The molecule has 0 atom stereocenters. The molecule has 0 fully saturated rings. The zero-order valence-corrected chi connectivity index (χ0v) is 17.7. The number of ether oxygens (including phenoxy) is 1. The van der Waals surface area contributed by atoms with Gasteiger partial charge in [-0.3, -0.25) is 14.9 Å². The van der Waals surface area contributed by atoms with Gasteiger partial charge in [-0.15, -0.1) is 0 Å². The van der Waals surface area contributed by atoms with Crippen LogP contribution in [0.5, 0.6) is 5.75 Å². The van der Waals surface area contributed by atoms with Gasteiger partial charge in [0.2, 0.25) is 0 Å². The number of nitrogens with one attached hydrogen (secondary N) is 1. The van der Waals surface area contributed by atoms with E-state index in [1.165, 1.54) is 18.3 Å². The number of hydrogen-bond donors (Lipinski definition) is 1. The molecule has 0 unspecified atom stereocenters. The largest absolute Gasteiger partial charge is 0.488 e. The Morgan fingerprint density at radius 3 is 2.68 bits per heavy atom. The van der Waals surface area contributed by atoms with Gasteiger partial charge in [0.15, 0.2) is 0 Å². The fourth-order valence-electron chi connectivity index (χ4n) is 3.29. The number of nitro groups is 1. The number of fused-ring (bicyclic) bond motifs is 1. The SMILES string of the molecule is N#Cc1ccccc1COc1ccc2ccccc2c1C=NNC(=O)c1ccc([N+](=O)[O-])cn1.